The summed E-state index contributed by atoms with van der Waals surface area (Å²) in [6.45, 7) is 2.51. The van der Waals surface area contributed by atoms with Crippen LogP contribution >= 0.6 is 27.7 Å². The minimum absolute atomic E-state index is 0.0923. The summed E-state index contributed by atoms with van der Waals surface area (Å²) in [6, 6.07) is 3.76. The van der Waals surface area contributed by atoms with E-state index in [-0.39, 0.29) is 6.10 Å². The van der Waals surface area contributed by atoms with Gasteiger partial charge in [-0.15, -0.1) is 11.8 Å². The van der Waals surface area contributed by atoms with Crippen molar-refractivity contribution in [2.45, 2.75) is 18.1 Å². The third kappa shape index (κ3) is 4.40. The highest BCUT2D eigenvalue weighted by Gasteiger charge is 2.04. The second-order valence-electron chi connectivity index (χ2n) is 3.03. The van der Waals surface area contributed by atoms with Crippen molar-refractivity contribution in [3.05, 3.63) is 16.7 Å². The molecular formula is C10H14BrNO2S. The zero-order valence-electron chi connectivity index (χ0n) is 8.99. The predicted octanol–water partition coefficient (Wildman–Crippen LogP) is 2.98. The van der Waals surface area contributed by atoms with Crippen molar-refractivity contribution in [2.24, 2.45) is 0 Å². The van der Waals surface area contributed by atoms with Gasteiger partial charge in [-0.3, -0.25) is 0 Å². The normalized spacial score (nSPS) is 12.5. The van der Waals surface area contributed by atoms with Crippen LogP contribution in [0.1, 0.15) is 6.92 Å². The summed E-state index contributed by atoms with van der Waals surface area (Å²) in [7, 11) is 1.67. The second kappa shape index (κ2) is 6.35. The van der Waals surface area contributed by atoms with E-state index < -0.39 is 0 Å². The summed E-state index contributed by atoms with van der Waals surface area (Å²) < 4.78 is 11.5. The number of methoxy groups -OCH3 is 1. The zero-order valence-corrected chi connectivity index (χ0v) is 11.4. The van der Waals surface area contributed by atoms with E-state index in [0.717, 1.165) is 15.4 Å². The van der Waals surface area contributed by atoms with Crippen LogP contribution in [0.5, 0.6) is 5.75 Å². The van der Waals surface area contributed by atoms with Crippen LogP contribution in [-0.4, -0.2) is 31.1 Å². The maximum absolute atomic E-state index is 5.57. The molecule has 1 atom stereocenters. The van der Waals surface area contributed by atoms with Gasteiger partial charge in [-0.1, -0.05) is 0 Å². The average Bonchev–Trinajstić information content (AvgIpc) is 2.25. The van der Waals surface area contributed by atoms with Gasteiger partial charge >= 0.3 is 0 Å². The number of hydrogen-bond acceptors (Lipinski definition) is 4. The molecule has 0 aromatic carbocycles. The Kier molecular flexibility index (Phi) is 5.42. The number of rotatable bonds is 5. The van der Waals surface area contributed by atoms with Crippen LogP contribution < -0.4 is 4.74 Å². The fraction of sp³-hybridized carbons (Fsp3) is 0.500. The highest BCUT2D eigenvalue weighted by molar-refractivity contribution is 9.10. The van der Waals surface area contributed by atoms with Crippen LogP contribution in [-0.2, 0) is 4.74 Å². The molecule has 5 heteroatoms. The average molecular weight is 292 g/mol. The summed E-state index contributed by atoms with van der Waals surface area (Å²) in [6.07, 6.45) is 2.07. The van der Waals surface area contributed by atoms with E-state index in [1.165, 1.54) is 0 Å². The van der Waals surface area contributed by atoms with Crippen LogP contribution in [0, 0.1) is 0 Å². The molecule has 1 unspecified atom stereocenters. The number of aromatic nitrogens is 1. The van der Waals surface area contributed by atoms with Gasteiger partial charge in [-0.2, -0.15) is 0 Å². The highest BCUT2D eigenvalue weighted by Crippen LogP contribution is 2.23. The quantitative estimate of drug-likeness (QED) is 0.617. The summed E-state index contributed by atoms with van der Waals surface area (Å²) in [5, 5.41) is 0.935. The van der Waals surface area contributed by atoms with Gasteiger partial charge in [0.15, 0.2) is 0 Å². The van der Waals surface area contributed by atoms with Crippen molar-refractivity contribution in [1.82, 2.24) is 4.98 Å². The van der Waals surface area contributed by atoms with Gasteiger partial charge in [0.1, 0.15) is 22.0 Å². The molecule has 0 bridgehead atoms. The number of hydrogen-bond donors (Lipinski definition) is 0. The third-order valence-electron chi connectivity index (χ3n) is 1.84. The third-order valence-corrected chi connectivity index (χ3v) is 2.87. The molecule has 0 radical (unpaired) electrons. The summed E-state index contributed by atoms with van der Waals surface area (Å²) >= 11 is 4.93. The van der Waals surface area contributed by atoms with Gasteiger partial charge in [-0.25, -0.2) is 4.98 Å². The fourth-order valence-electron chi connectivity index (χ4n) is 0.920. The first-order valence-electron chi connectivity index (χ1n) is 4.53. The van der Waals surface area contributed by atoms with E-state index in [0.29, 0.717) is 6.61 Å². The summed E-state index contributed by atoms with van der Waals surface area (Å²) in [4.78, 5) is 4.27. The molecule has 0 fully saturated rings. The Morgan fingerprint density at radius 1 is 1.53 bits per heavy atom. The van der Waals surface area contributed by atoms with Gasteiger partial charge in [-0.05, 0) is 29.1 Å². The first kappa shape index (κ1) is 12.8. The lowest BCUT2D eigenvalue weighted by atomic mass is 10.4. The van der Waals surface area contributed by atoms with Crippen LogP contribution in [0.3, 0.4) is 0 Å². The lowest BCUT2D eigenvalue weighted by Crippen LogP contribution is -2.15. The maximum Gasteiger partial charge on any atom is 0.124 e. The predicted molar refractivity (Wildman–Crippen MR) is 65.7 cm³/mol. The Hall–Kier alpha value is -0.260. The molecule has 0 aliphatic carbocycles. The number of thioether (sulfide) groups is 1. The molecular weight excluding hydrogens is 278 g/mol. The lowest BCUT2D eigenvalue weighted by Gasteiger charge is -2.12. The van der Waals surface area contributed by atoms with Crippen LogP contribution in [0.15, 0.2) is 21.8 Å². The standard InChI is InChI=1S/C10H14BrNO2S/c1-7(13-2)6-14-8-4-9(11)12-10(5-8)15-3/h4-5,7H,6H2,1-3H3. The number of halogens is 1. The molecule has 84 valence electrons. The van der Waals surface area contributed by atoms with Gasteiger partial charge in [0.2, 0.25) is 0 Å². The molecule has 0 saturated carbocycles. The minimum Gasteiger partial charge on any atom is -0.491 e. The minimum atomic E-state index is 0.0923. The van der Waals surface area contributed by atoms with Crippen molar-refractivity contribution >= 4 is 27.7 Å². The van der Waals surface area contributed by atoms with Gasteiger partial charge in [0.25, 0.3) is 0 Å². The van der Waals surface area contributed by atoms with E-state index in [4.69, 9.17) is 9.47 Å². The molecule has 0 aliphatic rings. The first-order valence-corrected chi connectivity index (χ1v) is 6.54. The van der Waals surface area contributed by atoms with Crippen molar-refractivity contribution in [2.75, 3.05) is 20.0 Å². The van der Waals surface area contributed by atoms with Gasteiger partial charge in [0.05, 0.1) is 6.10 Å². The largest absolute Gasteiger partial charge is 0.491 e. The molecule has 15 heavy (non-hydrogen) atoms. The molecule has 0 aliphatic heterocycles. The number of nitrogens with zero attached hydrogens (tertiary/aromatic N) is 1. The summed E-state index contributed by atoms with van der Waals surface area (Å²) in [5.74, 6) is 0.810. The molecule has 3 nitrogen and oxygen atoms in total. The van der Waals surface area contributed by atoms with Crippen LogP contribution in [0.4, 0.5) is 0 Å². The molecule has 0 amide bonds. The van der Waals surface area contributed by atoms with Crippen LogP contribution in [0.25, 0.3) is 0 Å². The topological polar surface area (TPSA) is 31.4 Å². The molecule has 0 N–H and O–H groups in total. The first-order chi connectivity index (χ1) is 7.15. The Labute approximate surface area is 103 Å². The molecule has 1 aromatic heterocycles. The maximum atomic E-state index is 5.57. The fourth-order valence-corrected chi connectivity index (χ4v) is 1.88. The molecule has 1 rings (SSSR count). The van der Waals surface area contributed by atoms with Crippen molar-refractivity contribution in [3.63, 3.8) is 0 Å². The smallest absolute Gasteiger partial charge is 0.124 e. The van der Waals surface area contributed by atoms with E-state index in [9.17, 15) is 0 Å². The van der Waals surface area contributed by atoms with Crippen molar-refractivity contribution in [1.29, 1.82) is 0 Å². The molecule has 0 spiro atoms. The molecule has 1 aromatic rings. The Balaban J connectivity index is 2.64. The Morgan fingerprint density at radius 3 is 2.87 bits per heavy atom. The highest BCUT2D eigenvalue weighted by atomic mass is 79.9. The SMILES string of the molecule is COC(C)COc1cc(Br)nc(SC)c1. The summed E-state index contributed by atoms with van der Waals surface area (Å²) in [5.41, 5.74) is 0. The monoisotopic (exact) mass is 291 g/mol. The van der Waals surface area contributed by atoms with Gasteiger partial charge in [0, 0.05) is 19.2 Å². The van der Waals surface area contributed by atoms with E-state index in [1.54, 1.807) is 18.9 Å². The van der Waals surface area contributed by atoms with E-state index in [2.05, 4.69) is 20.9 Å². The van der Waals surface area contributed by atoms with Crippen molar-refractivity contribution < 1.29 is 9.47 Å². The number of pyridine rings is 1. The van der Waals surface area contributed by atoms with E-state index >= 15 is 0 Å². The van der Waals surface area contributed by atoms with Crippen molar-refractivity contribution in [3.8, 4) is 5.75 Å². The lowest BCUT2D eigenvalue weighted by molar-refractivity contribution is 0.0715. The zero-order chi connectivity index (χ0) is 11.3. The van der Waals surface area contributed by atoms with Crippen LogP contribution in [0.2, 0.25) is 0 Å². The Morgan fingerprint density at radius 2 is 2.27 bits per heavy atom. The second-order valence-corrected chi connectivity index (χ2v) is 4.66. The van der Waals surface area contributed by atoms with Gasteiger partial charge < -0.3 is 9.47 Å². The Bertz CT molecular complexity index is 322. The number of ether oxygens (including phenoxy) is 2. The molecule has 1 heterocycles. The van der Waals surface area contributed by atoms with E-state index in [1.807, 2.05) is 25.3 Å². The molecule has 0 saturated heterocycles.